The van der Waals surface area contributed by atoms with Gasteiger partial charge in [0.1, 0.15) is 0 Å². The van der Waals surface area contributed by atoms with Gasteiger partial charge in [-0.3, -0.25) is 0 Å². The Balaban J connectivity index is 4.18. The topological polar surface area (TPSA) is 27.7 Å². The molecule has 0 aromatic rings. The Morgan fingerprint density at radius 1 is 1.00 bits per heavy atom. The van der Waals surface area contributed by atoms with Gasteiger partial charge in [0.2, 0.25) is 0 Å². The van der Waals surface area contributed by atoms with E-state index in [1.165, 1.54) is 22.7 Å². The molecular formula is C9H24O3SSi2. The van der Waals surface area contributed by atoms with Crippen LogP contribution in [0.5, 0.6) is 0 Å². The van der Waals surface area contributed by atoms with Crippen LogP contribution in [0.15, 0.2) is 0 Å². The quantitative estimate of drug-likeness (QED) is 0.443. The monoisotopic (exact) mass is 268 g/mol. The van der Waals surface area contributed by atoms with Crippen LogP contribution in [0.2, 0.25) is 6.04 Å². The minimum absolute atomic E-state index is 0.667. The zero-order valence-electron chi connectivity index (χ0n) is 10.4. The lowest BCUT2D eigenvalue weighted by molar-refractivity contribution is 0.0966. The van der Waals surface area contributed by atoms with Crippen LogP contribution in [0.4, 0.5) is 0 Å². The molecule has 0 bridgehead atoms. The van der Waals surface area contributed by atoms with Crippen LogP contribution >= 0.6 is 11.2 Å². The summed E-state index contributed by atoms with van der Waals surface area (Å²) in [4.78, 5) is 0. The molecule has 0 aliphatic carbocycles. The Morgan fingerprint density at radius 3 is 1.80 bits per heavy atom. The fourth-order valence-corrected chi connectivity index (χ4v) is 7.23. The van der Waals surface area contributed by atoms with Crippen LogP contribution in [-0.2, 0) is 13.3 Å². The summed E-state index contributed by atoms with van der Waals surface area (Å²) in [6.45, 7) is 7.98. The second-order valence-electron chi connectivity index (χ2n) is 3.00. The second-order valence-corrected chi connectivity index (χ2v) is 8.93. The number of rotatable bonds is 10. The van der Waals surface area contributed by atoms with Crippen molar-refractivity contribution in [3.05, 3.63) is 0 Å². The molecule has 0 aromatic carbocycles. The summed E-state index contributed by atoms with van der Waals surface area (Å²) >= 11 is 1.76. The van der Waals surface area contributed by atoms with E-state index in [4.69, 9.17) is 13.3 Å². The molecule has 0 aliphatic heterocycles. The van der Waals surface area contributed by atoms with Gasteiger partial charge in [0.05, 0.1) is 0 Å². The molecule has 0 amide bonds. The van der Waals surface area contributed by atoms with Crippen molar-refractivity contribution in [2.24, 2.45) is 0 Å². The normalized spacial score (nSPS) is 12.2. The van der Waals surface area contributed by atoms with E-state index in [9.17, 15) is 0 Å². The molecule has 15 heavy (non-hydrogen) atoms. The van der Waals surface area contributed by atoms with Crippen molar-refractivity contribution in [1.29, 1.82) is 0 Å². The van der Waals surface area contributed by atoms with Gasteiger partial charge >= 0.3 is 7.95 Å². The van der Waals surface area contributed by atoms with E-state index < -0.39 is 7.95 Å². The first-order chi connectivity index (χ1) is 7.24. The van der Waals surface area contributed by atoms with Crippen molar-refractivity contribution in [3.8, 4) is 0 Å². The van der Waals surface area contributed by atoms with Crippen molar-refractivity contribution in [2.45, 2.75) is 33.2 Å². The smallest absolute Gasteiger partial charge is 0.366 e. The summed E-state index contributed by atoms with van der Waals surface area (Å²) in [7, 11) is -1.12. The predicted octanol–water partition coefficient (Wildman–Crippen LogP) is 1.44. The molecule has 0 radical (unpaired) electrons. The average molecular weight is 269 g/mol. The van der Waals surface area contributed by atoms with Crippen molar-refractivity contribution in [1.82, 2.24) is 0 Å². The number of hydrogen-bond acceptors (Lipinski definition) is 4. The molecule has 0 fully saturated rings. The Bertz CT molecular complexity index is 132. The summed E-state index contributed by atoms with van der Waals surface area (Å²) in [5, 5.41) is 0. The average Bonchev–Trinajstić information content (AvgIpc) is 2.19. The Labute approximate surface area is 102 Å². The summed E-state index contributed by atoms with van der Waals surface area (Å²) < 4.78 is 17.2. The second kappa shape index (κ2) is 9.86. The van der Waals surface area contributed by atoms with Crippen LogP contribution in [0.1, 0.15) is 27.2 Å². The van der Waals surface area contributed by atoms with Crippen molar-refractivity contribution in [2.75, 3.05) is 25.6 Å². The van der Waals surface area contributed by atoms with Crippen LogP contribution in [0.25, 0.3) is 0 Å². The summed E-state index contributed by atoms with van der Waals surface area (Å²) in [5.41, 5.74) is 0. The highest BCUT2D eigenvalue weighted by atomic mass is 32.4. The van der Waals surface area contributed by atoms with Crippen LogP contribution in [0, 0.1) is 0 Å². The standard InChI is InChI=1S/C9H24O3SSi2/c1-4-10-15(11-5-2,12-6-3)13-8-7-9-14/h4-9H2,1-3,14H3. The first-order valence-electron chi connectivity index (χ1n) is 5.80. The molecule has 0 aromatic heterocycles. The van der Waals surface area contributed by atoms with E-state index >= 15 is 0 Å². The highest BCUT2D eigenvalue weighted by Gasteiger charge is 2.41. The molecule has 3 nitrogen and oxygen atoms in total. The molecule has 0 aliphatic rings. The predicted molar refractivity (Wildman–Crippen MR) is 72.5 cm³/mol. The Kier molecular flexibility index (Phi) is 10.3. The van der Waals surface area contributed by atoms with Gasteiger partial charge in [0.25, 0.3) is 0 Å². The Hall–Kier alpha value is 0.664. The minimum Gasteiger partial charge on any atom is -0.366 e. The highest BCUT2D eigenvalue weighted by Crippen LogP contribution is 2.25. The van der Waals surface area contributed by atoms with Crippen molar-refractivity contribution < 1.29 is 13.3 Å². The first kappa shape index (κ1) is 15.7. The minimum atomic E-state index is -2.40. The van der Waals surface area contributed by atoms with E-state index in [1.54, 1.807) is 11.2 Å². The summed E-state index contributed by atoms with van der Waals surface area (Å²) in [6.07, 6.45) is 1.25. The molecule has 0 atom stereocenters. The van der Waals surface area contributed by atoms with Crippen LogP contribution in [-0.4, -0.2) is 43.8 Å². The van der Waals surface area contributed by atoms with E-state index in [-0.39, 0.29) is 0 Å². The van der Waals surface area contributed by atoms with E-state index in [2.05, 4.69) is 0 Å². The van der Waals surface area contributed by atoms with E-state index in [0.29, 0.717) is 19.8 Å². The Morgan fingerprint density at radius 2 is 1.47 bits per heavy atom. The van der Waals surface area contributed by atoms with E-state index in [0.717, 1.165) is 5.75 Å². The van der Waals surface area contributed by atoms with Crippen molar-refractivity contribution >= 4 is 29.4 Å². The van der Waals surface area contributed by atoms with Crippen molar-refractivity contribution in [3.63, 3.8) is 0 Å². The number of hydrogen-bond donors (Lipinski definition) is 0. The van der Waals surface area contributed by atoms with Gasteiger partial charge in [0, 0.05) is 30.1 Å². The third kappa shape index (κ3) is 6.75. The lowest BCUT2D eigenvalue weighted by Crippen LogP contribution is -2.43. The zero-order chi connectivity index (χ0) is 11.6. The molecule has 0 saturated carbocycles. The van der Waals surface area contributed by atoms with Gasteiger partial charge < -0.3 is 13.3 Å². The SMILES string of the molecule is CCO[Si](OCC)(OCC)SCCC[SiH3]. The fraction of sp³-hybridized carbons (Fsp3) is 1.00. The lowest BCUT2D eigenvalue weighted by atomic mass is 10.6. The molecule has 92 valence electrons. The molecule has 0 N–H and O–H groups in total. The highest BCUT2D eigenvalue weighted by molar-refractivity contribution is 8.26. The van der Waals surface area contributed by atoms with Gasteiger partial charge in [0.15, 0.2) is 0 Å². The lowest BCUT2D eigenvalue weighted by Gasteiger charge is -2.27. The molecular weight excluding hydrogens is 244 g/mol. The summed E-state index contributed by atoms with van der Waals surface area (Å²) in [5.74, 6) is 1.09. The molecule has 0 saturated heterocycles. The third-order valence-corrected chi connectivity index (χ3v) is 7.95. The molecule has 0 unspecified atom stereocenters. The maximum Gasteiger partial charge on any atom is 0.573 e. The van der Waals surface area contributed by atoms with Gasteiger partial charge in [-0.05, 0) is 32.9 Å². The maximum atomic E-state index is 5.73. The molecule has 0 heterocycles. The maximum absolute atomic E-state index is 5.73. The van der Waals surface area contributed by atoms with Gasteiger partial charge in [-0.15, -0.1) is 0 Å². The molecule has 0 rings (SSSR count). The van der Waals surface area contributed by atoms with Gasteiger partial charge in [-0.25, -0.2) is 0 Å². The van der Waals surface area contributed by atoms with E-state index in [1.807, 2.05) is 20.8 Å². The molecule has 6 heteroatoms. The van der Waals surface area contributed by atoms with Crippen LogP contribution in [0.3, 0.4) is 0 Å². The zero-order valence-corrected chi connectivity index (χ0v) is 14.2. The van der Waals surface area contributed by atoms with Crippen LogP contribution < -0.4 is 0 Å². The van der Waals surface area contributed by atoms with Gasteiger partial charge in [-0.1, -0.05) is 17.3 Å². The third-order valence-electron chi connectivity index (χ3n) is 1.74. The summed E-state index contributed by atoms with van der Waals surface area (Å²) in [6, 6.07) is 1.34. The fourth-order valence-electron chi connectivity index (χ4n) is 1.12. The largest absolute Gasteiger partial charge is 0.573 e. The molecule has 0 spiro atoms. The first-order valence-corrected chi connectivity index (χ1v) is 10.6. The van der Waals surface area contributed by atoms with Gasteiger partial charge in [-0.2, -0.15) is 0 Å².